The van der Waals surface area contributed by atoms with Gasteiger partial charge in [0.15, 0.2) is 0 Å². The van der Waals surface area contributed by atoms with Crippen molar-refractivity contribution in [2.45, 2.75) is 26.2 Å². The first-order valence-corrected chi connectivity index (χ1v) is 6.20. The Morgan fingerprint density at radius 2 is 1.71 bits per heavy atom. The van der Waals surface area contributed by atoms with Gasteiger partial charge in [0.1, 0.15) is 0 Å². The van der Waals surface area contributed by atoms with Crippen molar-refractivity contribution in [1.82, 2.24) is 4.90 Å². The molecule has 0 unspecified atom stereocenters. The van der Waals surface area contributed by atoms with Crippen LogP contribution in [-0.2, 0) is 10.1 Å². The summed E-state index contributed by atoms with van der Waals surface area (Å²) in [5, 5.41) is 0. The summed E-state index contributed by atoms with van der Waals surface area (Å²) in [7, 11) is -1.50. The third kappa shape index (κ3) is 12.5. The zero-order chi connectivity index (χ0) is 10.3. The molecular weight excluding hydrogens is 197 g/mol. The van der Waals surface area contributed by atoms with Crippen molar-refractivity contribution in [3.63, 3.8) is 0 Å². The van der Waals surface area contributed by atoms with Gasteiger partial charge in [-0.15, -0.1) is 0 Å². The van der Waals surface area contributed by atoms with Crippen LogP contribution in [-0.4, -0.2) is 62.6 Å². The standard InChI is InChI=1S/C5H11N.C3H8O3S.Li.H/c1-6-4-2-3-5-6;1-2-3-7(4,5)6;;/h2-5H2,1H3;2-3H2,1H3,(H,4,5,6);;. The number of hydrogen-bond donors (Lipinski definition) is 1. The summed E-state index contributed by atoms with van der Waals surface area (Å²) in [6.07, 6.45) is 3.30. The Bertz CT molecular complexity index is 213. The fourth-order valence-electron chi connectivity index (χ4n) is 1.13. The average molecular weight is 217 g/mol. The Balaban J connectivity index is 0. The summed E-state index contributed by atoms with van der Waals surface area (Å²) in [6.45, 7) is 4.33. The van der Waals surface area contributed by atoms with Crippen LogP contribution in [0.3, 0.4) is 0 Å². The molecule has 0 atom stereocenters. The van der Waals surface area contributed by atoms with E-state index in [9.17, 15) is 8.42 Å². The molecule has 0 bridgehead atoms. The van der Waals surface area contributed by atoms with Crippen LogP contribution >= 0.6 is 0 Å². The van der Waals surface area contributed by atoms with Gasteiger partial charge in [-0.1, -0.05) is 6.92 Å². The molecule has 1 fully saturated rings. The fraction of sp³-hybridized carbons (Fsp3) is 1.00. The van der Waals surface area contributed by atoms with Crippen molar-refractivity contribution in [3.05, 3.63) is 0 Å². The molecule has 1 aliphatic heterocycles. The van der Waals surface area contributed by atoms with Crippen molar-refractivity contribution in [1.29, 1.82) is 0 Å². The number of nitrogens with zero attached hydrogens (tertiary/aromatic N) is 1. The normalized spacial score (nSPS) is 16.8. The Kier molecular flexibility index (Phi) is 10.6. The molecule has 0 radical (unpaired) electrons. The Hall–Kier alpha value is 0.467. The zero-order valence-corrected chi connectivity index (χ0v) is 9.18. The Morgan fingerprint density at radius 1 is 1.29 bits per heavy atom. The number of hydrogen-bond acceptors (Lipinski definition) is 3. The van der Waals surface area contributed by atoms with E-state index in [1.807, 2.05) is 0 Å². The molecule has 1 N–H and O–H groups in total. The number of likely N-dealkylation sites (tertiary alicyclic amines) is 1. The maximum atomic E-state index is 9.79. The molecule has 0 aromatic heterocycles. The molecule has 0 aromatic carbocycles. The van der Waals surface area contributed by atoms with E-state index in [1.54, 1.807) is 6.92 Å². The molecule has 1 saturated heterocycles. The summed E-state index contributed by atoms with van der Waals surface area (Å²) in [6, 6.07) is 0. The molecule has 14 heavy (non-hydrogen) atoms. The minimum absolute atomic E-state index is 0. The van der Waals surface area contributed by atoms with E-state index in [4.69, 9.17) is 4.55 Å². The van der Waals surface area contributed by atoms with Gasteiger partial charge in [0.2, 0.25) is 0 Å². The van der Waals surface area contributed by atoms with E-state index in [1.165, 1.54) is 25.9 Å². The fourth-order valence-corrected chi connectivity index (χ4v) is 1.65. The summed E-state index contributed by atoms with van der Waals surface area (Å²) in [5.41, 5.74) is 0. The second-order valence-corrected chi connectivity index (χ2v) is 4.87. The molecule has 0 aliphatic carbocycles. The third-order valence-electron chi connectivity index (χ3n) is 1.79. The molecule has 1 heterocycles. The van der Waals surface area contributed by atoms with Gasteiger partial charge in [-0.2, -0.15) is 8.42 Å². The molecule has 1 aliphatic rings. The maximum absolute atomic E-state index is 9.79. The van der Waals surface area contributed by atoms with Gasteiger partial charge >= 0.3 is 18.9 Å². The van der Waals surface area contributed by atoms with Crippen molar-refractivity contribution in [2.75, 3.05) is 25.9 Å². The van der Waals surface area contributed by atoms with E-state index in [0.29, 0.717) is 6.42 Å². The number of rotatable bonds is 2. The van der Waals surface area contributed by atoms with Gasteiger partial charge in [-0.05, 0) is 39.4 Å². The van der Waals surface area contributed by atoms with Crippen LogP contribution in [0.2, 0.25) is 0 Å². The van der Waals surface area contributed by atoms with Crippen LogP contribution in [0.25, 0.3) is 0 Å². The molecule has 0 aromatic rings. The molecule has 0 amide bonds. The van der Waals surface area contributed by atoms with Crippen molar-refractivity contribution in [3.8, 4) is 0 Å². The van der Waals surface area contributed by atoms with Crippen LogP contribution in [0.15, 0.2) is 0 Å². The predicted molar refractivity (Wildman–Crippen MR) is 60.6 cm³/mol. The Morgan fingerprint density at radius 3 is 1.79 bits per heavy atom. The van der Waals surface area contributed by atoms with Gasteiger partial charge in [0.25, 0.3) is 10.1 Å². The quantitative estimate of drug-likeness (QED) is 0.535. The zero-order valence-electron chi connectivity index (χ0n) is 8.36. The Labute approximate surface area is 99.0 Å². The van der Waals surface area contributed by atoms with Gasteiger partial charge in [-0.25, -0.2) is 0 Å². The van der Waals surface area contributed by atoms with E-state index in [2.05, 4.69) is 11.9 Å². The van der Waals surface area contributed by atoms with Gasteiger partial charge in [-0.3, -0.25) is 4.55 Å². The molecule has 4 nitrogen and oxygen atoms in total. The van der Waals surface area contributed by atoms with Crippen molar-refractivity contribution < 1.29 is 13.0 Å². The summed E-state index contributed by atoms with van der Waals surface area (Å²) in [4.78, 5) is 2.36. The molecule has 0 spiro atoms. The van der Waals surface area contributed by atoms with Gasteiger partial charge in [0, 0.05) is 0 Å². The van der Waals surface area contributed by atoms with Crippen molar-refractivity contribution >= 4 is 29.0 Å². The van der Waals surface area contributed by atoms with Crippen molar-refractivity contribution in [2.24, 2.45) is 0 Å². The molecule has 82 valence electrons. The van der Waals surface area contributed by atoms with E-state index in [0.717, 1.165) is 0 Å². The third-order valence-corrected chi connectivity index (χ3v) is 2.72. The van der Waals surface area contributed by atoms with E-state index < -0.39 is 10.1 Å². The summed E-state index contributed by atoms with van der Waals surface area (Å²) >= 11 is 0. The molecule has 1 rings (SSSR count). The molecule has 6 heteroatoms. The second kappa shape index (κ2) is 8.75. The first-order valence-electron chi connectivity index (χ1n) is 4.59. The first kappa shape index (κ1) is 16.9. The monoisotopic (exact) mass is 217 g/mol. The predicted octanol–water partition coefficient (Wildman–Crippen LogP) is 0.348. The van der Waals surface area contributed by atoms with E-state index in [-0.39, 0.29) is 24.6 Å². The van der Waals surface area contributed by atoms with E-state index >= 15 is 0 Å². The molecular formula is C8H20LiNO3S. The second-order valence-electron chi connectivity index (χ2n) is 3.30. The summed E-state index contributed by atoms with van der Waals surface area (Å²) in [5.74, 6) is -0.132. The summed E-state index contributed by atoms with van der Waals surface area (Å²) < 4.78 is 27.6. The average Bonchev–Trinajstić information content (AvgIpc) is 2.38. The first-order chi connectivity index (χ1) is 5.95. The van der Waals surface area contributed by atoms with Crippen LogP contribution in [0.4, 0.5) is 0 Å². The van der Waals surface area contributed by atoms with Gasteiger partial charge < -0.3 is 4.90 Å². The van der Waals surface area contributed by atoms with Crippen LogP contribution < -0.4 is 0 Å². The van der Waals surface area contributed by atoms with Crippen LogP contribution in [0, 0.1) is 0 Å². The minimum atomic E-state index is -3.67. The van der Waals surface area contributed by atoms with Crippen LogP contribution in [0.1, 0.15) is 26.2 Å². The van der Waals surface area contributed by atoms with Gasteiger partial charge in [0.05, 0.1) is 5.75 Å². The van der Waals surface area contributed by atoms with Crippen LogP contribution in [0.5, 0.6) is 0 Å². The SMILES string of the molecule is CCCS(=O)(=O)O.CN1CCCC1.[LiH]. The molecule has 0 saturated carbocycles. The topological polar surface area (TPSA) is 57.6 Å².